The predicted octanol–water partition coefficient (Wildman–Crippen LogP) is 4.97. The second kappa shape index (κ2) is 10.5. The second-order valence-electron chi connectivity index (χ2n) is 7.83. The first-order valence-electron chi connectivity index (χ1n) is 11.4. The number of imide groups is 1. The molecule has 1 atom stereocenters. The summed E-state index contributed by atoms with van der Waals surface area (Å²) in [5, 5.41) is 4.09. The van der Waals surface area contributed by atoms with Crippen LogP contribution in [0.5, 0.6) is 0 Å². The van der Waals surface area contributed by atoms with Gasteiger partial charge in [-0.05, 0) is 42.7 Å². The molecule has 1 heterocycles. The molecule has 7 heteroatoms. The number of carbonyl (C=O) groups excluding carboxylic acids is 2. The maximum Gasteiger partial charge on any atom is 0.508 e. The van der Waals surface area contributed by atoms with Crippen molar-refractivity contribution in [2.45, 2.75) is 58.9 Å². The lowest BCUT2D eigenvalue weighted by atomic mass is 9.90. The number of hydrogen-bond donors (Lipinski definition) is 1. The lowest BCUT2D eigenvalue weighted by Gasteiger charge is -2.37. The van der Waals surface area contributed by atoms with E-state index in [1.54, 1.807) is 6.07 Å². The van der Waals surface area contributed by atoms with Crippen LogP contribution < -0.4 is 5.32 Å². The minimum absolute atomic E-state index is 0.205. The summed E-state index contributed by atoms with van der Waals surface area (Å²) in [4.78, 5) is 25.5. The molecule has 1 aliphatic heterocycles. The second-order valence-corrected chi connectivity index (χ2v) is 10.6. The van der Waals surface area contributed by atoms with E-state index in [-0.39, 0.29) is 17.4 Å². The van der Waals surface area contributed by atoms with Crippen LogP contribution in [-0.2, 0) is 13.3 Å². The van der Waals surface area contributed by atoms with Gasteiger partial charge in [-0.1, -0.05) is 52.0 Å². The average molecular weight is 444 g/mol. The van der Waals surface area contributed by atoms with Crippen LogP contribution >= 0.6 is 0 Å². The Balaban J connectivity index is 2.22. The van der Waals surface area contributed by atoms with Crippen molar-refractivity contribution >= 4 is 31.4 Å². The largest absolute Gasteiger partial charge is 0.508 e. The molecule has 0 saturated heterocycles. The van der Waals surface area contributed by atoms with Gasteiger partial charge >= 0.3 is 8.80 Å². The van der Waals surface area contributed by atoms with E-state index in [9.17, 15) is 9.59 Å². The van der Waals surface area contributed by atoms with Crippen LogP contribution in [0.4, 0.5) is 0 Å². The monoisotopic (exact) mass is 443 g/mol. The summed E-state index contributed by atoms with van der Waals surface area (Å²) in [6.45, 7) is 9.86. The molecule has 2 aromatic carbocycles. The summed E-state index contributed by atoms with van der Waals surface area (Å²) in [7, 11) is -3.17. The van der Waals surface area contributed by atoms with Gasteiger partial charge in [0.1, 0.15) is 0 Å². The van der Waals surface area contributed by atoms with E-state index in [2.05, 4.69) is 33.0 Å². The van der Waals surface area contributed by atoms with Crippen LogP contribution in [0.25, 0.3) is 10.8 Å². The fourth-order valence-electron chi connectivity index (χ4n) is 4.17. The smallest absolute Gasteiger partial charge is 0.373 e. The highest BCUT2D eigenvalue weighted by molar-refractivity contribution is 6.62. The summed E-state index contributed by atoms with van der Waals surface area (Å²) in [5.41, 5.74) is 1.69. The van der Waals surface area contributed by atoms with Crippen LogP contribution in [0.15, 0.2) is 30.3 Å². The van der Waals surface area contributed by atoms with Crippen molar-refractivity contribution < 1.29 is 22.9 Å². The quantitative estimate of drug-likeness (QED) is 0.370. The van der Waals surface area contributed by atoms with Gasteiger partial charge < -0.3 is 13.3 Å². The summed E-state index contributed by atoms with van der Waals surface area (Å²) < 4.78 is 19.2. The van der Waals surface area contributed by atoms with E-state index >= 15 is 0 Å². The molecule has 168 valence electrons. The van der Waals surface area contributed by atoms with E-state index in [1.807, 2.05) is 24.3 Å². The zero-order valence-electron chi connectivity index (χ0n) is 19.0. The van der Waals surface area contributed by atoms with E-state index in [0.717, 1.165) is 30.2 Å². The number of nitrogens with one attached hydrogen (secondary N) is 1. The molecule has 0 spiro atoms. The van der Waals surface area contributed by atoms with Crippen molar-refractivity contribution in [1.82, 2.24) is 5.32 Å². The Morgan fingerprint density at radius 2 is 1.45 bits per heavy atom. The van der Waals surface area contributed by atoms with Crippen molar-refractivity contribution in [3.05, 3.63) is 47.0 Å². The van der Waals surface area contributed by atoms with Gasteiger partial charge in [0.05, 0.1) is 11.1 Å². The van der Waals surface area contributed by atoms with E-state index in [4.69, 9.17) is 13.3 Å². The van der Waals surface area contributed by atoms with Crippen LogP contribution in [0, 0.1) is 0 Å². The molecule has 1 aliphatic rings. The number of amides is 2. The van der Waals surface area contributed by atoms with Gasteiger partial charge in [0.25, 0.3) is 11.8 Å². The lowest BCUT2D eigenvalue weighted by molar-refractivity contribution is 0.0495. The first kappa shape index (κ1) is 23.6. The Bertz CT molecular complexity index is 923. The van der Waals surface area contributed by atoms with Gasteiger partial charge in [-0.2, -0.15) is 0 Å². The Hall–Kier alpha value is -2.06. The summed E-state index contributed by atoms with van der Waals surface area (Å²) in [5.74, 6) is -0.726. The highest BCUT2D eigenvalue weighted by atomic mass is 28.4. The molecule has 0 saturated carbocycles. The van der Waals surface area contributed by atoms with Gasteiger partial charge in [0.2, 0.25) is 0 Å². The van der Waals surface area contributed by atoms with Crippen molar-refractivity contribution in [2.24, 2.45) is 0 Å². The predicted molar refractivity (Wildman–Crippen MR) is 123 cm³/mol. The van der Waals surface area contributed by atoms with Gasteiger partial charge in [0.15, 0.2) is 0 Å². The maximum absolute atomic E-state index is 13.1. The molecule has 0 aromatic heterocycles. The average Bonchev–Trinajstić information content (AvgIpc) is 2.78. The first-order valence-corrected chi connectivity index (χ1v) is 13.2. The third-order valence-corrected chi connectivity index (χ3v) is 8.90. The molecule has 0 aliphatic carbocycles. The third-order valence-electron chi connectivity index (χ3n) is 5.51. The molecule has 0 fully saturated rings. The Morgan fingerprint density at radius 1 is 0.839 bits per heavy atom. The Kier molecular flexibility index (Phi) is 7.99. The molecule has 1 N–H and O–H groups in total. The highest BCUT2D eigenvalue weighted by Gasteiger charge is 2.51. The van der Waals surface area contributed by atoms with E-state index in [0.29, 0.717) is 42.8 Å². The molecular weight excluding hydrogens is 410 g/mol. The van der Waals surface area contributed by atoms with Crippen molar-refractivity contribution in [2.75, 3.05) is 19.8 Å². The topological polar surface area (TPSA) is 73.9 Å². The number of benzene rings is 2. The van der Waals surface area contributed by atoms with Gasteiger partial charge in [-0.25, -0.2) is 0 Å². The summed E-state index contributed by atoms with van der Waals surface area (Å²) in [6, 6.07) is 9.49. The van der Waals surface area contributed by atoms with Crippen molar-refractivity contribution in [3.8, 4) is 0 Å². The molecule has 31 heavy (non-hydrogen) atoms. The van der Waals surface area contributed by atoms with Crippen LogP contribution in [0.2, 0.25) is 0 Å². The minimum Gasteiger partial charge on any atom is -0.373 e. The molecule has 0 bridgehead atoms. The molecule has 2 amide bonds. The molecule has 1 unspecified atom stereocenters. The highest BCUT2D eigenvalue weighted by Crippen LogP contribution is 2.39. The zero-order chi connectivity index (χ0) is 22.4. The van der Waals surface area contributed by atoms with Gasteiger partial charge in [-0.15, -0.1) is 0 Å². The minimum atomic E-state index is -3.17. The zero-order valence-corrected chi connectivity index (χ0v) is 20.0. The Morgan fingerprint density at radius 3 is 2.00 bits per heavy atom. The number of carbonyl (C=O) groups is 2. The van der Waals surface area contributed by atoms with Crippen LogP contribution in [-0.4, -0.2) is 40.4 Å². The van der Waals surface area contributed by atoms with Crippen LogP contribution in [0.3, 0.4) is 0 Å². The SMILES string of the molecule is CCCO[Si](OCCC)(OCCC)C(CC)c1ccc2cccc3c2c1C(=O)NC3=O. The first-order chi connectivity index (χ1) is 15.0. The van der Waals surface area contributed by atoms with Gasteiger partial charge in [-0.3, -0.25) is 14.9 Å². The normalized spacial score (nSPS) is 14.7. The Labute approximate surface area is 185 Å². The fourth-order valence-corrected chi connectivity index (χ4v) is 7.61. The molecule has 3 rings (SSSR count). The van der Waals surface area contributed by atoms with Crippen molar-refractivity contribution in [1.29, 1.82) is 0 Å². The molecule has 6 nitrogen and oxygen atoms in total. The number of hydrogen-bond acceptors (Lipinski definition) is 5. The molecule has 2 aromatic rings. The fraction of sp³-hybridized carbons (Fsp3) is 0.500. The summed E-state index contributed by atoms with van der Waals surface area (Å²) in [6.07, 6.45) is 3.24. The third kappa shape index (κ3) is 4.60. The maximum atomic E-state index is 13.1. The van der Waals surface area contributed by atoms with Crippen molar-refractivity contribution in [3.63, 3.8) is 0 Å². The number of rotatable bonds is 12. The lowest BCUT2D eigenvalue weighted by Crippen LogP contribution is -2.53. The molecule has 0 radical (unpaired) electrons. The van der Waals surface area contributed by atoms with E-state index < -0.39 is 8.80 Å². The van der Waals surface area contributed by atoms with Gasteiger partial charge in [0, 0.05) is 30.8 Å². The molecular formula is C24H33NO5Si. The standard InChI is InChI=1S/C24H33NO5Si/c1-5-14-28-31(29-15-6-2,30-16-7-3)20(8-4)18-13-12-17-10-9-11-19-21(17)22(18)24(27)25-23(19)26/h9-13,20H,5-8,14-16H2,1-4H3,(H,25,26,27). The van der Waals surface area contributed by atoms with E-state index in [1.165, 1.54) is 0 Å². The van der Waals surface area contributed by atoms with Crippen LogP contribution in [0.1, 0.15) is 85.2 Å². The summed E-state index contributed by atoms with van der Waals surface area (Å²) >= 11 is 0.